The standard InChI is InChI=1S/C10H18N4O/c1-6(2)4-7(3)13-10(15)8-5-12-14-9(8)11/h5-7H,4H2,1-3H3,(H,13,15)(H3,11,12,14). The number of hydrogen-bond acceptors (Lipinski definition) is 3. The molecule has 84 valence electrons. The molecule has 0 bridgehead atoms. The molecule has 0 aromatic carbocycles. The lowest BCUT2D eigenvalue weighted by molar-refractivity contribution is 0.0937. The average Bonchev–Trinajstić information content (AvgIpc) is 2.49. The second-order valence-electron chi connectivity index (χ2n) is 4.20. The Balaban J connectivity index is 2.53. The van der Waals surface area contributed by atoms with Crippen LogP contribution in [0.5, 0.6) is 0 Å². The summed E-state index contributed by atoms with van der Waals surface area (Å²) in [7, 11) is 0. The lowest BCUT2D eigenvalue weighted by Crippen LogP contribution is -2.33. The first-order valence-electron chi connectivity index (χ1n) is 5.10. The summed E-state index contributed by atoms with van der Waals surface area (Å²) in [5.74, 6) is 0.695. The Kier molecular flexibility index (Phi) is 3.71. The van der Waals surface area contributed by atoms with Crippen molar-refractivity contribution < 1.29 is 4.79 Å². The van der Waals surface area contributed by atoms with Gasteiger partial charge < -0.3 is 11.1 Å². The molecular weight excluding hydrogens is 192 g/mol. The van der Waals surface area contributed by atoms with Gasteiger partial charge in [0, 0.05) is 6.04 Å². The summed E-state index contributed by atoms with van der Waals surface area (Å²) in [5, 5.41) is 9.11. The Labute approximate surface area is 89.4 Å². The van der Waals surface area contributed by atoms with Crippen molar-refractivity contribution in [1.82, 2.24) is 15.5 Å². The molecule has 1 aromatic heterocycles. The van der Waals surface area contributed by atoms with Crippen LogP contribution in [0, 0.1) is 5.92 Å². The zero-order valence-corrected chi connectivity index (χ0v) is 9.37. The van der Waals surface area contributed by atoms with E-state index in [0.717, 1.165) is 6.42 Å². The number of amides is 1. The molecule has 5 nitrogen and oxygen atoms in total. The molecule has 4 N–H and O–H groups in total. The lowest BCUT2D eigenvalue weighted by Gasteiger charge is -2.15. The molecule has 5 heteroatoms. The van der Waals surface area contributed by atoms with Crippen LogP contribution in [0.25, 0.3) is 0 Å². The van der Waals surface area contributed by atoms with E-state index in [1.807, 2.05) is 6.92 Å². The number of nitrogen functional groups attached to an aromatic ring is 1. The Morgan fingerprint density at radius 2 is 2.27 bits per heavy atom. The predicted octanol–water partition coefficient (Wildman–Crippen LogP) is 1.16. The van der Waals surface area contributed by atoms with Gasteiger partial charge in [-0.25, -0.2) is 0 Å². The number of nitrogens with two attached hydrogens (primary N) is 1. The van der Waals surface area contributed by atoms with Gasteiger partial charge in [-0.1, -0.05) is 13.8 Å². The van der Waals surface area contributed by atoms with Gasteiger partial charge in [0.25, 0.3) is 5.91 Å². The molecule has 1 heterocycles. The van der Waals surface area contributed by atoms with Crippen LogP contribution in [0.15, 0.2) is 6.20 Å². The van der Waals surface area contributed by atoms with Gasteiger partial charge in [0.1, 0.15) is 11.4 Å². The number of nitrogens with zero attached hydrogens (tertiary/aromatic N) is 1. The van der Waals surface area contributed by atoms with E-state index in [-0.39, 0.29) is 11.9 Å². The van der Waals surface area contributed by atoms with Gasteiger partial charge in [0.05, 0.1) is 6.20 Å². The molecule has 0 aliphatic heterocycles. The van der Waals surface area contributed by atoms with Crippen LogP contribution in [-0.4, -0.2) is 22.1 Å². The van der Waals surface area contributed by atoms with E-state index in [1.54, 1.807) is 0 Å². The van der Waals surface area contributed by atoms with Crippen molar-refractivity contribution in [1.29, 1.82) is 0 Å². The maximum atomic E-state index is 11.7. The third-order valence-electron chi connectivity index (χ3n) is 2.12. The SMILES string of the molecule is CC(C)CC(C)NC(=O)c1cn[nH]c1N. The number of H-pyrrole nitrogens is 1. The third kappa shape index (κ3) is 3.27. The van der Waals surface area contributed by atoms with Crippen molar-refractivity contribution in [2.24, 2.45) is 5.92 Å². The summed E-state index contributed by atoms with van der Waals surface area (Å²) < 4.78 is 0. The highest BCUT2D eigenvalue weighted by Crippen LogP contribution is 2.08. The number of anilines is 1. The van der Waals surface area contributed by atoms with E-state index < -0.39 is 0 Å². The summed E-state index contributed by atoms with van der Waals surface area (Å²) >= 11 is 0. The molecule has 1 amide bonds. The van der Waals surface area contributed by atoms with E-state index in [9.17, 15) is 4.79 Å². The predicted molar refractivity (Wildman–Crippen MR) is 59.4 cm³/mol. The Hall–Kier alpha value is -1.52. The number of rotatable bonds is 4. The van der Waals surface area contributed by atoms with Crippen LogP contribution < -0.4 is 11.1 Å². The van der Waals surface area contributed by atoms with E-state index in [2.05, 4.69) is 29.4 Å². The van der Waals surface area contributed by atoms with Crippen molar-refractivity contribution in [2.75, 3.05) is 5.73 Å². The molecule has 0 aliphatic carbocycles. The molecule has 15 heavy (non-hydrogen) atoms. The van der Waals surface area contributed by atoms with Gasteiger partial charge >= 0.3 is 0 Å². The topological polar surface area (TPSA) is 83.8 Å². The quantitative estimate of drug-likeness (QED) is 0.697. The summed E-state index contributed by atoms with van der Waals surface area (Å²) in [6, 6.07) is 0.145. The molecule has 1 aromatic rings. The maximum Gasteiger partial charge on any atom is 0.256 e. The van der Waals surface area contributed by atoms with Crippen molar-refractivity contribution in [3.05, 3.63) is 11.8 Å². The minimum Gasteiger partial charge on any atom is -0.383 e. The molecule has 1 atom stereocenters. The minimum absolute atomic E-state index is 0.145. The summed E-state index contributed by atoms with van der Waals surface area (Å²) in [4.78, 5) is 11.7. The number of hydrogen-bond donors (Lipinski definition) is 3. The average molecular weight is 210 g/mol. The van der Waals surface area contributed by atoms with Gasteiger partial charge in [-0.15, -0.1) is 0 Å². The van der Waals surface area contributed by atoms with E-state index in [1.165, 1.54) is 6.20 Å². The molecular formula is C10H18N4O. The highest BCUT2D eigenvalue weighted by molar-refractivity contribution is 5.98. The van der Waals surface area contributed by atoms with Gasteiger partial charge in [-0.2, -0.15) is 5.10 Å². The second kappa shape index (κ2) is 4.82. The molecule has 0 aliphatic rings. The van der Waals surface area contributed by atoms with E-state index >= 15 is 0 Å². The maximum absolute atomic E-state index is 11.7. The van der Waals surface area contributed by atoms with Crippen LogP contribution in [0.1, 0.15) is 37.6 Å². The first-order chi connectivity index (χ1) is 7.00. The van der Waals surface area contributed by atoms with Crippen LogP contribution in [0.4, 0.5) is 5.82 Å². The zero-order valence-electron chi connectivity index (χ0n) is 9.37. The number of carbonyl (C=O) groups excluding carboxylic acids is 1. The highest BCUT2D eigenvalue weighted by Gasteiger charge is 2.14. The van der Waals surface area contributed by atoms with Crippen LogP contribution >= 0.6 is 0 Å². The fraction of sp³-hybridized carbons (Fsp3) is 0.600. The molecule has 0 saturated heterocycles. The van der Waals surface area contributed by atoms with E-state index in [4.69, 9.17) is 5.73 Å². The molecule has 0 spiro atoms. The molecule has 1 rings (SSSR count). The fourth-order valence-corrected chi connectivity index (χ4v) is 1.54. The van der Waals surface area contributed by atoms with Crippen molar-refractivity contribution >= 4 is 11.7 Å². The third-order valence-corrected chi connectivity index (χ3v) is 2.12. The van der Waals surface area contributed by atoms with Gasteiger partial charge in [0.15, 0.2) is 0 Å². The van der Waals surface area contributed by atoms with Gasteiger partial charge in [0.2, 0.25) is 0 Å². The van der Waals surface area contributed by atoms with Crippen LogP contribution in [0.2, 0.25) is 0 Å². The zero-order chi connectivity index (χ0) is 11.4. The normalized spacial score (nSPS) is 12.8. The van der Waals surface area contributed by atoms with Gasteiger partial charge in [-0.3, -0.25) is 9.89 Å². The number of aromatic nitrogens is 2. The monoisotopic (exact) mass is 210 g/mol. The number of aromatic amines is 1. The second-order valence-corrected chi connectivity index (χ2v) is 4.20. The van der Waals surface area contributed by atoms with Crippen LogP contribution in [-0.2, 0) is 0 Å². The molecule has 0 radical (unpaired) electrons. The fourth-order valence-electron chi connectivity index (χ4n) is 1.54. The molecule has 0 saturated carbocycles. The van der Waals surface area contributed by atoms with Crippen molar-refractivity contribution in [3.8, 4) is 0 Å². The Morgan fingerprint density at radius 1 is 1.60 bits per heavy atom. The van der Waals surface area contributed by atoms with Gasteiger partial charge in [-0.05, 0) is 19.3 Å². The highest BCUT2D eigenvalue weighted by atomic mass is 16.1. The Bertz CT molecular complexity index is 332. The first-order valence-corrected chi connectivity index (χ1v) is 5.10. The van der Waals surface area contributed by atoms with Crippen molar-refractivity contribution in [2.45, 2.75) is 33.2 Å². The molecule has 1 unspecified atom stereocenters. The number of carbonyl (C=O) groups is 1. The summed E-state index contributed by atoms with van der Waals surface area (Å²) in [6.07, 6.45) is 2.39. The van der Waals surface area contributed by atoms with Crippen LogP contribution in [0.3, 0.4) is 0 Å². The lowest BCUT2D eigenvalue weighted by atomic mass is 10.1. The largest absolute Gasteiger partial charge is 0.383 e. The Morgan fingerprint density at radius 3 is 2.73 bits per heavy atom. The molecule has 0 fully saturated rings. The first kappa shape index (κ1) is 11.6. The number of nitrogens with one attached hydrogen (secondary N) is 2. The minimum atomic E-state index is -0.172. The summed E-state index contributed by atoms with van der Waals surface area (Å²) in [5.41, 5.74) is 5.95. The smallest absolute Gasteiger partial charge is 0.256 e. The van der Waals surface area contributed by atoms with Crippen molar-refractivity contribution in [3.63, 3.8) is 0 Å². The van der Waals surface area contributed by atoms with E-state index in [0.29, 0.717) is 17.3 Å². The summed E-state index contributed by atoms with van der Waals surface area (Å²) in [6.45, 7) is 6.22.